The molecule has 0 saturated heterocycles. The average molecular weight is 323 g/mol. The summed E-state index contributed by atoms with van der Waals surface area (Å²) < 4.78 is 4.08. The summed E-state index contributed by atoms with van der Waals surface area (Å²) in [4.78, 5) is 1.08. The van der Waals surface area contributed by atoms with E-state index in [1.54, 1.807) is 28.7 Å². The quantitative estimate of drug-likeness (QED) is 0.586. The van der Waals surface area contributed by atoms with Crippen LogP contribution < -0.4 is 0 Å². The molecule has 0 aliphatic rings. The van der Waals surface area contributed by atoms with Crippen molar-refractivity contribution in [1.29, 1.82) is 10.8 Å². The predicted molar refractivity (Wildman–Crippen MR) is 65.9 cm³/mol. The molecule has 0 amide bonds. The number of nitrogens with one attached hydrogen (secondary N) is 2. The highest BCUT2D eigenvalue weighted by Gasteiger charge is 2.18. The minimum Gasteiger partial charge on any atom is -0.380 e. The van der Waals surface area contributed by atoms with Gasteiger partial charge in [-0.1, -0.05) is 6.92 Å². The molecule has 1 atom stereocenters. The van der Waals surface area contributed by atoms with Gasteiger partial charge in [0.2, 0.25) is 0 Å². The van der Waals surface area contributed by atoms with Gasteiger partial charge in [0.05, 0.1) is 11.4 Å². The zero-order chi connectivity index (χ0) is 10.7. The molecule has 1 aromatic rings. The first-order chi connectivity index (χ1) is 6.56. The maximum absolute atomic E-state index is 9.64. The lowest BCUT2D eigenvalue weighted by atomic mass is 10.1. The molecule has 0 aromatic carbocycles. The van der Waals surface area contributed by atoms with Gasteiger partial charge < -0.3 is 5.11 Å². The first-order valence-electron chi connectivity index (χ1n) is 4.02. The summed E-state index contributed by atoms with van der Waals surface area (Å²) in [6.45, 7) is 2.01. The number of aliphatic hydroxyl groups excluding tert-OH is 1. The van der Waals surface area contributed by atoms with Crippen LogP contribution in [0, 0.1) is 10.8 Å². The Kier molecular flexibility index (Phi) is 4.14. The van der Waals surface area contributed by atoms with Gasteiger partial charge in [-0.05, 0) is 46.6 Å². The first-order valence-corrected chi connectivity index (χ1v) is 5.87. The lowest BCUT2D eigenvalue weighted by molar-refractivity contribution is 0.245. The van der Waals surface area contributed by atoms with Crippen molar-refractivity contribution in [2.24, 2.45) is 0 Å². The minimum atomic E-state index is -1.06. The summed E-state index contributed by atoms with van der Waals surface area (Å²) in [5.41, 5.74) is 0.372. The Bertz CT molecular complexity index is 363. The van der Waals surface area contributed by atoms with Crippen molar-refractivity contribution in [1.82, 2.24) is 4.37 Å². The van der Waals surface area contributed by atoms with Crippen LogP contribution in [0.15, 0.2) is 6.07 Å². The van der Waals surface area contributed by atoms with Crippen LogP contribution in [0.4, 0.5) is 0 Å². The van der Waals surface area contributed by atoms with Crippen LogP contribution in [0.3, 0.4) is 0 Å². The van der Waals surface area contributed by atoms with Gasteiger partial charge in [-0.15, -0.1) is 0 Å². The molecule has 3 N–H and O–H groups in total. The number of hydrogen-bond acceptors (Lipinski definition) is 5. The van der Waals surface area contributed by atoms with Crippen molar-refractivity contribution in [2.45, 2.75) is 19.4 Å². The highest BCUT2D eigenvalue weighted by atomic mass is 127. The fraction of sp³-hybridized carbons (Fsp3) is 0.375. The molecule has 0 saturated carbocycles. The van der Waals surface area contributed by atoms with E-state index in [0.717, 1.165) is 11.3 Å². The molecule has 14 heavy (non-hydrogen) atoms. The topological polar surface area (TPSA) is 80.8 Å². The Balaban J connectivity index is 2.83. The fourth-order valence-corrected chi connectivity index (χ4v) is 1.87. The molecule has 0 radical (unpaired) electrons. The molecule has 0 aliphatic heterocycles. The van der Waals surface area contributed by atoms with E-state index in [1.807, 2.05) is 6.92 Å². The smallest absolute Gasteiger partial charge is 0.141 e. The molecule has 76 valence electrons. The van der Waals surface area contributed by atoms with E-state index in [-0.39, 0.29) is 9.43 Å². The third-order valence-electron chi connectivity index (χ3n) is 1.72. The Morgan fingerprint density at radius 3 is 2.79 bits per heavy atom. The average Bonchev–Trinajstić information content (AvgIpc) is 2.63. The van der Waals surface area contributed by atoms with Crippen molar-refractivity contribution in [3.8, 4) is 0 Å². The monoisotopic (exact) mass is 323 g/mol. The maximum Gasteiger partial charge on any atom is 0.141 e. The van der Waals surface area contributed by atoms with E-state index < -0.39 is 6.10 Å². The number of hydrogen-bond donors (Lipinski definition) is 3. The first kappa shape index (κ1) is 11.7. The molecule has 1 aromatic heterocycles. The Labute approximate surface area is 99.7 Å². The molecule has 0 fully saturated rings. The van der Waals surface area contributed by atoms with Crippen molar-refractivity contribution in [3.63, 3.8) is 0 Å². The van der Waals surface area contributed by atoms with Crippen molar-refractivity contribution in [2.75, 3.05) is 0 Å². The zero-order valence-electron chi connectivity index (χ0n) is 7.54. The van der Waals surface area contributed by atoms with E-state index in [0.29, 0.717) is 5.69 Å². The predicted octanol–water partition coefficient (Wildman–Crippen LogP) is 2.17. The lowest BCUT2D eigenvalue weighted by Gasteiger charge is -2.06. The molecule has 0 bridgehead atoms. The van der Waals surface area contributed by atoms with Gasteiger partial charge in [0, 0.05) is 4.88 Å². The molecule has 0 aliphatic carbocycles. The standard InChI is InChI=1S/C8H10IN3OS/c1-2-4-3-5(12-14-4)7(13)6(10)8(9)11/h3,7,10-11,13H,2H2,1H3. The third kappa shape index (κ3) is 2.58. The third-order valence-corrected chi connectivity index (χ3v) is 3.24. The van der Waals surface area contributed by atoms with Crippen LogP contribution in [-0.4, -0.2) is 18.9 Å². The van der Waals surface area contributed by atoms with Gasteiger partial charge >= 0.3 is 0 Å². The van der Waals surface area contributed by atoms with Crippen LogP contribution in [0.25, 0.3) is 0 Å². The number of aliphatic hydroxyl groups is 1. The van der Waals surface area contributed by atoms with Gasteiger partial charge in [-0.2, -0.15) is 4.37 Å². The van der Waals surface area contributed by atoms with Gasteiger partial charge in [0.1, 0.15) is 9.82 Å². The second-order valence-corrected chi connectivity index (χ2v) is 4.67. The largest absolute Gasteiger partial charge is 0.380 e. The number of aryl methyl sites for hydroxylation is 1. The summed E-state index contributed by atoms with van der Waals surface area (Å²) in [6.07, 6.45) is -0.185. The second-order valence-electron chi connectivity index (χ2n) is 2.70. The van der Waals surface area contributed by atoms with E-state index in [9.17, 15) is 5.11 Å². The Hall–Kier alpha value is -0.340. The molecular formula is C8H10IN3OS. The van der Waals surface area contributed by atoms with Gasteiger partial charge in [0.25, 0.3) is 0 Å². The molecule has 1 heterocycles. The van der Waals surface area contributed by atoms with E-state index in [2.05, 4.69) is 4.37 Å². The summed E-state index contributed by atoms with van der Waals surface area (Å²) in [5, 5.41) is 24.3. The molecular weight excluding hydrogens is 313 g/mol. The number of nitrogens with zero attached hydrogens (tertiary/aromatic N) is 1. The van der Waals surface area contributed by atoms with E-state index in [4.69, 9.17) is 10.8 Å². The van der Waals surface area contributed by atoms with Crippen LogP contribution in [-0.2, 0) is 6.42 Å². The van der Waals surface area contributed by atoms with Gasteiger partial charge in [-0.25, -0.2) is 0 Å². The normalized spacial score (nSPS) is 12.5. The van der Waals surface area contributed by atoms with Crippen LogP contribution in [0.5, 0.6) is 0 Å². The van der Waals surface area contributed by atoms with Crippen molar-refractivity contribution in [3.05, 3.63) is 16.6 Å². The Morgan fingerprint density at radius 1 is 1.71 bits per heavy atom. The SMILES string of the molecule is CCc1cc(C(O)C(=N)C(=N)I)ns1. The van der Waals surface area contributed by atoms with E-state index in [1.165, 1.54) is 11.5 Å². The summed E-state index contributed by atoms with van der Waals surface area (Å²) in [7, 11) is 0. The molecule has 6 heteroatoms. The van der Waals surface area contributed by atoms with Crippen LogP contribution in [0.2, 0.25) is 0 Å². The number of rotatable bonds is 4. The molecule has 4 nitrogen and oxygen atoms in total. The molecule has 1 rings (SSSR count). The highest BCUT2D eigenvalue weighted by molar-refractivity contribution is 14.1. The van der Waals surface area contributed by atoms with Crippen molar-refractivity contribution < 1.29 is 5.11 Å². The fourth-order valence-electron chi connectivity index (χ4n) is 0.892. The highest BCUT2D eigenvalue weighted by Crippen LogP contribution is 2.19. The number of halogens is 1. The van der Waals surface area contributed by atoms with Crippen LogP contribution in [0.1, 0.15) is 23.6 Å². The lowest BCUT2D eigenvalue weighted by Crippen LogP contribution is -2.16. The molecule has 0 spiro atoms. The summed E-state index contributed by atoms with van der Waals surface area (Å²) in [5.74, 6) is 0. The Morgan fingerprint density at radius 2 is 2.36 bits per heavy atom. The summed E-state index contributed by atoms with van der Waals surface area (Å²) in [6, 6.07) is 1.78. The second kappa shape index (κ2) is 4.94. The molecule has 1 unspecified atom stereocenters. The van der Waals surface area contributed by atoms with Gasteiger partial charge in [0.15, 0.2) is 0 Å². The number of aromatic nitrogens is 1. The van der Waals surface area contributed by atoms with Crippen molar-refractivity contribution >= 4 is 43.6 Å². The minimum absolute atomic E-state index is 0.0427. The van der Waals surface area contributed by atoms with Crippen LogP contribution >= 0.6 is 34.1 Å². The van der Waals surface area contributed by atoms with E-state index >= 15 is 0 Å². The maximum atomic E-state index is 9.64. The van der Waals surface area contributed by atoms with Gasteiger partial charge in [-0.3, -0.25) is 10.8 Å². The summed E-state index contributed by atoms with van der Waals surface area (Å²) >= 11 is 3.03. The zero-order valence-corrected chi connectivity index (χ0v) is 10.5.